The zero-order valence-corrected chi connectivity index (χ0v) is 15.4. The van der Waals surface area contributed by atoms with Crippen molar-refractivity contribution in [1.29, 1.82) is 0 Å². The number of rotatable bonds is 6. The van der Waals surface area contributed by atoms with Crippen LogP contribution >= 0.6 is 0 Å². The van der Waals surface area contributed by atoms with Gasteiger partial charge in [0.1, 0.15) is 0 Å². The van der Waals surface area contributed by atoms with Crippen LogP contribution in [-0.4, -0.2) is 20.7 Å². The Morgan fingerprint density at radius 3 is 1.89 bits per heavy atom. The Labute approximate surface area is 157 Å². The van der Waals surface area contributed by atoms with Gasteiger partial charge in [-0.25, -0.2) is 4.79 Å². The highest BCUT2D eigenvalue weighted by Crippen LogP contribution is 2.12. The molecule has 0 aliphatic carbocycles. The highest BCUT2D eigenvalue weighted by atomic mass is 16.2. The van der Waals surface area contributed by atoms with E-state index in [-0.39, 0.29) is 0 Å². The van der Waals surface area contributed by atoms with Gasteiger partial charge in [0, 0.05) is 5.69 Å². The number of aromatic nitrogens is 2. The minimum absolute atomic E-state index is 0.390. The Morgan fingerprint density at radius 2 is 1.41 bits per heavy atom. The van der Waals surface area contributed by atoms with Crippen molar-refractivity contribution in [3.8, 4) is 0 Å². The van der Waals surface area contributed by atoms with Gasteiger partial charge in [0.25, 0.3) is 5.56 Å². The maximum atomic E-state index is 12.2. The highest BCUT2D eigenvalue weighted by Gasteiger charge is 2.12. The summed E-state index contributed by atoms with van der Waals surface area (Å²) >= 11 is 0. The number of aryl methyl sites for hydroxylation is 1. The van der Waals surface area contributed by atoms with Crippen LogP contribution in [0.15, 0.2) is 75.4 Å². The van der Waals surface area contributed by atoms with E-state index in [1.165, 1.54) is 0 Å². The summed E-state index contributed by atoms with van der Waals surface area (Å²) in [5.41, 5.74) is 2.74. The predicted octanol–water partition coefficient (Wildman–Crippen LogP) is 2.80. The molecule has 0 fully saturated rings. The Morgan fingerprint density at radius 1 is 0.889 bits per heavy atom. The van der Waals surface area contributed by atoms with Crippen molar-refractivity contribution in [3.05, 3.63) is 104 Å². The molecule has 0 bridgehead atoms. The average Bonchev–Trinajstić information content (AvgIpc) is 2.62. The van der Waals surface area contributed by atoms with Crippen LogP contribution in [0.2, 0.25) is 0 Å². The van der Waals surface area contributed by atoms with Gasteiger partial charge in [-0.05, 0) is 25.0 Å². The summed E-state index contributed by atoms with van der Waals surface area (Å²) in [6.45, 7) is 4.68. The summed E-state index contributed by atoms with van der Waals surface area (Å²) in [6, 6.07) is 20.1. The van der Waals surface area contributed by atoms with Gasteiger partial charge in [-0.2, -0.15) is 5.10 Å². The molecule has 0 unspecified atom stereocenters. The standard InChI is InChI=1S/C21H22N4O2/c1-15-19(20(26)23-21(27)22-15)16(2)24-25(13-17-9-5-3-6-10-17)14-18-11-7-4-8-12-18/h3-12H,13-14H2,1-2H3,(H2,22,23,26,27)/b24-16+. The SMILES string of the molecule is C/C(=N\N(Cc1ccccc1)Cc1ccccc1)c1c(C)[nH]c(=O)[nH]c1=O. The van der Waals surface area contributed by atoms with E-state index in [1.807, 2.05) is 65.7 Å². The quantitative estimate of drug-likeness (QED) is 0.523. The number of nitrogens with one attached hydrogen (secondary N) is 2. The van der Waals surface area contributed by atoms with E-state index < -0.39 is 11.2 Å². The van der Waals surface area contributed by atoms with E-state index in [0.29, 0.717) is 30.1 Å². The Balaban J connectivity index is 1.95. The molecule has 0 saturated carbocycles. The number of hydrogen-bond donors (Lipinski definition) is 2. The van der Waals surface area contributed by atoms with E-state index in [9.17, 15) is 9.59 Å². The Kier molecular flexibility index (Phi) is 5.66. The van der Waals surface area contributed by atoms with Gasteiger partial charge in [-0.15, -0.1) is 0 Å². The van der Waals surface area contributed by atoms with Crippen LogP contribution in [0.5, 0.6) is 0 Å². The van der Waals surface area contributed by atoms with E-state index in [0.717, 1.165) is 11.1 Å². The van der Waals surface area contributed by atoms with Gasteiger partial charge in [-0.3, -0.25) is 14.8 Å². The van der Waals surface area contributed by atoms with Crippen LogP contribution in [0.4, 0.5) is 0 Å². The summed E-state index contributed by atoms with van der Waals surface area (Å²) in [5.74, 6) is 0. The van der Waals surface area contributed by atoms with Crippen LogP contribution < -0.4 is 11.2 Å². The molecule has 3 aromatic rings. The zero-order valence-electron chi connectivity index (χ0n) is 15.4. The predicted molar refractivity (Wildman–Crippen MR) is 107 cm³/mol. The molecule has 2 aromatic carbocycles. The minimum Gasteiger partial charge on any atom is -0.311 e. The fourth-order valence-electron chi connectivity index (χ4n) is 3.01. The normalized spacial score (nSPS) is 11.4. The number of hydrazone groups is 1. The monoisotopic (exact) mass is 362 g/mol. The van der Waals surface area contributed by atoms with Crippen molar-refractivity contribution in [1.82, 2.24) is 15.0 Å². The number of benzene rings is 2. The Bertz CT molecular complexity index is 996. The highest BCUT2D eigenvalue weighted by molar-refractivity contribution is 5.99. The molecule has 1 heterocycles. The molecule has 0 amide bonds. The van der Waals surface area contributed by atoms with Crippen molar-refractivity contribution in [3.63, 3.8) is 0 Å². The molecule has 27 heavy (non-hydrogen) atoms. The average molecular weight is 362 g/mol. The largest absolute Gasteiger partial charge is 0.325 e. The maximum Gasteiger partial charge on any atom is 0.325 e. The lowest BCUT2D eigenvalue weighted by Crippen LogP contribution is -2.30. The lowest BCUT2D eigenvalue weighted by molar-refractivity contribution is 0.271. The second kappa shape index (κ2) is 8.31. The van der Waals surface area contributed by atoms with Crippen molar-refractivity contribution in [2.45, 2.75) is 26.9 Å². The first-order valence-electron chi connectivity index (χ1n) is 8.74. The van der Waals surface area contributed by atoms with Crippen LogP contribution in [-0.2, 0) is 13.1 Å². The lowest BCUT2D eigenvalue weighted by Gasteiger charge is -2.21. The third-order valence-electron chi connectivity index (χ3n) is 4.20. The van der Waals surface area contributed by atoms with Crippen LogP contribution in [0.1, 0.15) is 29.3 Å². The molecule has 0 saturated heterocycles. The molecule has 0 atom stereocenters. The minimum atomic E-state index is -0.514. The van der Waals surface area contributed by atoms with Gasteiger partial charge in [0.15, 0.2) is 0 Å². The fraction of sp³-hybridized carbons (Fsp3) is 0.190. The summed E-state index contributed by atoms with van der Waals surface area (Å²) < 4.78 is 0. The van der Waals surface area contributed by atoms with Crippen molar-refractivity contribution in [2.24, 2.45) is 5.10 Å². The molecule has 6 nitrogen and oxygen atoms in total. The summed E-state index contributed by atoms with van der Waals surface area (Å²) in [6.07, 6.45) is 0. The smallest absolute Gasteiger partial charge is 0.311 e. The van der Waals surface area contributed by atoms with Crippen molar-refractivity contribution >= 4 is 5.71 Å². The molecule has 0 aliphatic rings. The second-order valence-corrected chi connectivity index (χ2v) is 6.39. The van der Waals surface area contributed by atoms with Crippen LogP contribution in [0.25, 0.3) is 0 Å². The second-order valence-electron chi connectivity index (χ2n) is 6.39. The van der Waals surface area contributed by atoms with Gasteiger partial charge < -0.3 is 4.98 Å². The molecule has 0 spiro atoms. The summed E-state index contributed by atoms with van der Waals surface area (Å²) in [5, 5.41) is 6.62. The summed E-state index contributed by atoms with van der Waals surface area (Å²) in [7, 11) is 0. The van der Waals surface area contributed by atoms with Gasteiger partial charge in [-0.1, -0.05) is 60.7 Å². The summed E-state index contributed by atoms with van der Waals surface area (Å²) in [4.78, 5) is 28.5. The first-order valence-corrected chi connectivity index (χ1v) is 8.74. The zero-order chi connectivity index (χ0) is 19.2. The first-order chi connectivity index (χ1) is 13.0. The molecule has 3 rings (SSSR count). The van der Waals surface area contributed by atoms with Gasteiger partial charge in [0.2, 0.25) is 0 Å². The van der Waals surface area contributed by atoms with Crippen molar-refractivity contribution in [2.75, 3.05) is 0 Å². The van der Waals surface area contributed by atoms with E-state index >= 15 is 0 Å². The topological polar surface area (TPSA) is 81.3 Å². The molecule has 6 heteroatoms. The molecule has 1 aromatic heterocycles. The molecule has 2 N–H and O–H groups in total. The first kappa shape index (κ1) is 18.4. The number of nitrogens with zero attached hydrogens (tertiary/aromatic N) is 2. The number of aromatic amines is 2. The molecular formula is C21H22N4O2. The van der Waals surface area contributed by atoms with Crippen LogP contribution in [0.3, 0.4) is 0 Å². The van der Waals surface area contributed by atoms with Crippen LogP contribution in [0, 0.1) is 6.92 Å². The number of H-pyrrole nitrogens is 2. The third-order valence-corrected chi connectivity index (χ3v) is 4.20. The van der Waals surface area contributed by atoms with Gasteiger partial charge >= 0.3 is 5.69 Å². The molecule has 0 aliphatic heterocycles. The fourth-order valence-corrected chi connectivity index (χ4v) is 3.01. The van der Waals surface area contributed by atoms with E-state index in [4.69, 9.17) is 5.10 Å². The lowest BCUT2D eigenvalue weighted by atomic mass is 10.1. The van der Waals surface area contributed by atoms with Crippen molar-refractivity contribution < 1.29 is 0 Å². The van der Waals surface area contributed by atoms with Gasteiger partial charge in [0.05, 0.1) is 24.4 Å². The third kappa shape index (κ3) is 4.82. The van der Waals surface area contributed by atoms with E-state index in [2.05, 4.69) is 9.97 Å². The van der Waals surface area contributed by atoms with E-state index in [1.54, 1.807) is 13.8 Å². The molecule has 0 radical (unpaired) electrons. The Hall–Kier alpha value is -3.41. The molecule has 138 valence electrons. The number of hydrogen-bond acceptors (Lipinski definition) is 4. The maximum absolute atomic E-state index is 12.2. The molecular weight excluding hydrogens is 340 g/mol.